The van der Waals surface area contributed by atoms with Gasteiger partial charge in [0.15, 0.2) is 0 Å². The first kappa shape index (κ1) is 16.4. The lowest BCUT2D eigenvalue weighted by atomic mass is 10.1. The minimum atomic E-state index is -0.331. The van der Waals surface area contributed by atoms with E-state index in [-0.39, 0.29) is 23.9 Å². The van der Waals surface area contributed by atoms with E-state index in [1.54, 1.807) is 28.0 Å². The summed E-state index contributed by atoms with van der Waals surface area (Å²) in [5.74, 6) is 1.69. The summed E-state index contributed by atoms with van der Waals surface area (Å²) < 4.78 is 0. The molecule has 21 heavy (non-hydrogen) atoms. The topological polar surface area (TPSA) is 49.4 Å². The van der Waals surface area contributed by atoms with Gasteiger partial charge in [0.1, 0.15) is 6.04 Å². The fraction of sp³-hybridized carbons (Fsp3) is 0.600. The third-order valence-electron chi connectivity index (χ3n) is 3.81. The van der Waals surface area contributed by atoms with Gasteiger partial charge in [0, 0.05) is 11.8 Å². The molecule has 6 heteroatoms. The van der Waals surface area contributed by atoms with Gasteiger partial charge in [-0.05, 0) is 35.2 Å². The van der Waals surface area contributed by atoms with Gasteiger partial charge in [0.05, 0.1) is 12.3 Å². The minimum absolute atomic E-state index is 0.0279. The Morgan fingerprint density at radius 2 is 2.19 bits per heavy atom. The van der Waals surface area contributed by atoms with Crippen molar-refractivity contribution in [2.45, 2.75) is 39.3 Å². The third-order valence-corrected chi connectivity index (χ3v) is 5.55. The molecule has 1 saturated heterocycles. The van der Waals surface area contributed by atoms with Crippen LogP contribution in [0, 0.1) is 5.92 Å². The van der Waals surface area contributed by atoms with Gasteiger partial charge < -0.3 is 10.2 Å². The van der Waals surface area contributed by atoms with Crippen molar-refractivity contribution in [1.29, 1.82) is 0 Å². The largest absolute Gasteiger partial charge is 0.352 e. The summed E-state index contributed by atoms with van der Waals surface area (Å²) in [6.07, 6.45) is 0.383. The second kappa shape index (κ2) is 7.31. The van der Waals surface area contributed by atoms with E-state index in [9.17, 15) is 9.59 Å². The zero-order chi connectivity index (χ0) is 15.4. The lowest BCUT2D eigenvalue weighted by molar-refractivity contribution is -0.137. The van der Waals surface area contributed by atoms with E-state index in [0.29, 0.717) is 24.0 Å². The Kier molecular flexibility index (Phi) is 5.70. The number of carbonyl (C=O) groups excluding carboxylic acids is 2. The van der Waals surface area contributed by atoms with Crippen molar-refractivity contribution in [2.75, 3.05) is 11.6 Å². The van der Waals surface area contributed by atoms with Gasteiger partial charge in [-0.15, -0.1) is 11.8 Å². The van der Waals surface area contributed by atoms with Crippen LogP contribution in [0.5, 0.6) is 0 Å². The monoisotopic (exact) mass is 326 g/mol. The van der Waals surface area contributed by atoms with Gasteiger partial charge >= 0.3 is 0 Å². The number of rotatable bonds is 5. The molecule has 116 valence electrons. The van der Waals surface area contributed by atoms with Crippen LogP contribution in [0.1, 0.15) is 26.3 Å². The molecule has 1 aliphatic rings. The highest BCUT2D eigenvalue weighted by Crippen LogP contribution is 2.23. The Bertz CT molecular complexity index is 488. The molecule has 1 fully saturated rings. The standard InChI is InChI=1S/C15H22N2O2S2/c1-10(2)11(3)16-15(19)13-8-21-9-17(13)14(18)6-12-4-5-20-7-12/h4-5,7,10-11,13H,6,8-9H2,1-3H3,(H,16,19)/t11-,13-/m0/s1. The van der Waals surface area contributed by atoms with Crippen molar-refractivity contribution in [3.63, 3.8) is 0 Å². The molecule has 0 aliphatic carbocycles. The van der Waals surface area contributed by atoms with E-state index in [2.05, 4.69) is 19.2 Å². The number of nitrogens with one attached hydrogen (secondary N) is 1. The van der Waals surface area contributed by atoms with Crippen molar-refractivity contribution in [2.24, 2.45) is 5.92 Å². The predicted octanol–water partition coefficient (Wildman–Crippen LogP) is 2.35. The maximum absolute atomic E-state index is 12.4. The molecule has 0 bridgehead atoms. The summed E-state index contributed by atoms with van der Waals surface area (Å²) >= 11 is 3.23. The zero-order valence-electron chi connectivity index (χ0n) is 12.7. The molecule has 1 N–H and O–H groups in total. The van der Waals surface area contributed by atoms with Gasteiger partial charge in [-0.3, -0.25) is 9.59 Å². The van der Waals surface area contributed by atoms with Crippen LogP contribution >= 0.6 is 23.1 Å². The van der Waals surface area contributed by atoms with Crippen molar-refractivity contribution in [1.82, 2.24) is 10.2 Å². The van der Waals surface area contributed by atoms with Crippen molar-refractivity contribution >= 4 is 34.9 Å². The highest BCUT2D eigenvalue weighted by Gasteiger charge is 2.35. The fourth-order valence-corrected chi connectivity index (χ4v) is 3.91. The number of thiophene rings is 1. The number of amides is 2. The Balaban J connectivity index is 1.96. The van der Waals surface area contributed by atoms with E-state index in [1.165, 1.54) is 0 Å². The first-order chi connectivity index (χ1) is 9.99. The van der Waals surface area contributed by atoms with E-state index in [4.69, 9.17) is 0 Å². The zero-order valence-corrected chi connectivity index (χ0v) is 14.3. The SMILES string of the molecule is CC(C)[C@H](C)NC(=O)[C@@H]1CSCN1C(=O)Cc1ccsc1. The van der Waals surface area contributed by atoms with Crippen LogP contribution in [0.25, 0.3) is 0 Å². The van der Waals surface area contributed by atoms with Crippen LogP contribution in [0.2, 0.25) is 0 Å². The first-order valence-corrected chi connectivity index (χ1v) is 9.27. The summed E-state index contributed by atoms with van der Waals surface area (Å²) in [6.45, 7) is 6.16. The number of carbonyl (C=O) groups is 2. The normalized spacial score (nSPS) is 19.8. The summed E-state index contributed by atoms with van der Waals surface area (Å²) in [5.41, 5.74) is 1.02. The summed E-state index contributed by atoms with van der Waals surface area (Å²) in [4.78, 5) is 26.5. The summed E-state index contributed by atoms with van der Waals surface area (Å²) in [6, 6.07) is 1.75. The van der Waals surface area contributed by atoms with E-state index >= 15 is 0 Å². The predicted molar refractivity (Wildman–Crippen MR) is 88.4 cm³/mol. The highest BCUT2D eigenvalue weighted by molar-refractivity contribution is 7.99. The van der Waals surface area contributed by atoms with Crippen LogP contribution in [-0.4, -0.2) is 40.4 Å². The van der Waals surface area contributed by atoms with Gasteiger partial charge in [-0.1, -0.05) is 13.8 Å². The van der Waals surface area contributed by atoms with Crippen LogP contribution in [0.4, 0.5) is 0 Å². The molecule has 1 aromatic heterocycles. The molecule has 0 radical (unpaired) electrons. The quantitative estimate of drug-likeness (QED) is 0.903. The van der Waals surface area contributed by atoms with E-state index in [1.807, 2.05) is 23.8 Å². The number of hydrogen-bond donors (Lipinski definition) is 1. The Hall–Kier alpha value is -1.01. The molecule has 2 amide bonds. The van der Waals surface area contributed by atoms with Crippen molar-refractivity contribution in [3.8, 4) is 0 Å². The Labute approximate surface area is 134 Å². The molecule has 0 saturated carbocycles. The molecular formula is C15H22N2O2S2. The van der Waals surface area contributed by atoms with Crippen molar-refractivity contribution < 1.29 is 9.59 Å². The van der Waals surface area contributed by atoms with Gasteiger partial charge in [0.25, 0.3) is 0 Å². The van der Waals surface area contributed by atoms with Crippen LogP contribution in [0.15, 0.2) is 16.8 Å². The highest BCUT2D eigenvalue weighted by atomic mass is 32.2. The molecule has 0 unspecified atom stereocenters. The molecule has 2 rings (SSSR count). The Morgan fingerprint density at radius 1 is 1.43 bits per heavy atom. The number of thioether (sulfide) groups is 1. The molecule has 2 atom stereocenters. The van der Waals surface area contributed by atoms with Gasteiger partial charge in [-0.25, -0.2) is 0 Å². The van der Waals surface area contributed by atoms with Gasteiger partial charge in [-0.2, -0.15) is 11.3 Å². The maximum atomic E-state index is 12.4. The molecule has 0 spiro atoms. The van der Waals surface area contributed by atoms with E-state index in [0.717, 1.165) is 5.56 Å². The number of hydrogen-bond acceptors (Lipinski definition) is 4. The second-order valence-corrected chi connectivity index (χ2v) is 7.51. The van der Waals surface area contributed by atoms with Crippen molar-refractivity contribution in [3.05, 3.63) is 22.4 Å². The van der Waals surface area contributed by atoms with E-state index < -0.39 is 0 Å². The fourth-order valence-electron chi connectivity index (χ4n) is 2.06. The molecule has 2 heterocycles. The summed E-state index contributed by atoms with van der Waals surface area (Å²) in [7, 11) is 0. The molecule has 1 aliphatic heterocycles. The van der Waals surface area contributed by atoms with Crippen LogP contribution in [-0.2, 0) is 16.0 Å². The Morgan fingerprint density at radius 3 is 2.81 bits per heavy atom. The molecule has 1 aromatic rings. The lowest BCUT2D eigenvalue weighted by Crippen LogP contribution is -2.50. The summed E-state index contributed by atoms with van der Waals surface area (Å²) in [5, 5.41) is 6.97. The maximum Gasteiger partial charge on any atom is 0.243 e. The lowest BCUT2D eigenvalue weighted by Gasteiger charge is -2.26. The molecule has 4 nitrogen and oxygen atoms in total. The second-order valence-electron chi connectivity index (χ2n) is 5.73. The van der Waals surface area contributed by atoms with Crippen LogP contribution in [0.3, 0.4) is 0 Å². The van der Waals surface area contributed by atoms with Crippen LogP contribution < -0.4 is 5.32 Å². The third kappa shape index (κ3) is 4.23. The smallest absolute Gasteiger partial charge is 0.243 e. The number of nitrogens with zero attached hydrogens (tertiary/aromatic N) is 1. The minimum Gasteiger partial charge on any atom is -0.352 e. The van der Waals surface area contributed by atoms with Gasteiger partial charge in [0.2, 0.25) is 11.8 Å². The average molecular weight is 326 g/mol. The average Bonchev–Trinajstić information content (AvgIpc) is 3.08. The molecule has 0 aromatic carbocycles. The molecular weight excluding hydrogens is 304 g/mol. The first-order valence-electron chi connectivity index (χ1n) is 7.17.